The fourth-order valence-corrected chi connectivity index (χ4v) is 3.99. The number of halogens is 1. The summed E-state index contributed by atoms with van der Waals surface area (Å²) in [5.41, 5.74) is 1.69. The van der Waals surface area contributed by atoms with Crippen LogP contribution in [0.4, 0.5) is 10.2 Å². The van der Waals surface area contributed by atoms with Crippen LogP contribution in [0, 0.1) is 5.82 Å². The molecular formula is C26H28FN5O3. The summed E-state index contributed by atoms with van der Waals surface area (Å²) in [7, 11) is 1.63. The highest BCUT2D eigenvalue weighted by Crippen LogP contribution is 2.22. The molecule has 182 valence electrons. The number of methoxy groups -OCH3 is 1. The van der Waals surface area contributed by atoms with Gasteiger partial charge in [0.1, 0.15) is 18.1 Å². The molecule has 0 bridgehead atoms. The van der Waals surface area contributed by atoms with Crippen molar-refractivity contribution in [1.29, 1.82) is 0 Å². The Kier molecular flexibility index (Phi) is 7.54. The first-order valence-electron chi connectivity index (χ1n) is 11.5. The first kappa shape index (κ1) is 24.1. The number of benzene rings is 2. The summed E-state index contributed by atoms with van der Waals surface area (Å²) in [5, 5.41) is 8.72. The van der Waals surface area contributed by atoms with Gasteiger partial charge in [-0.1, -0.05) is 12.1 Å². The molecule has 0 spiro atoms. The van der Waals surface area contributed by atoms with Gasteiger partial charge in [-0.3, -0.25) is 9.59 Å². The lowest BCUT2D eigenvalue weighted by Crippen LogP contribution is -2.52. The fourth-order valence-electron chi connectivity index (χ4n) is 3.99. The molecule has 1 aliphatic rings. The quantitative estimate of drug-likeness (QED) is 0.520. The number of piperazine rings is 1. The van der Waals surface area contributed by atoms with E-state index in [4.69, 9.17) is 4.74 Å². The fraction of sp³-hybridized carbons (Fsp3) is 0.308. The van der Waals surface area contributed by atoms with Crippen LogP contribution in [0.25, 0.3) is 11.3 Å². The number of amides is 2. The monoisotopic (exact) mass is 477 g/mol. The SMILES string of the molecule is CCN(CC(=O)N1CCN(c2ccc(-c3ccc(OC)cc3)nn2)CC1)C(=O)c1ccccc1F. The normalized spacial score (nSPS) is 13.5. The number of hydrogen-bond donors (Lipinski definition) is 0. The summed E-state index contributed by atoms with van der Waals surface area (Å²) in [4.78, 5) is 30.7. The van der Waals surface area contributed by atoms with Crippen LogP contribution in [0.1, 0.15) is 17.3 Å². The van der Waals surface area contributed by atoms with E-state index >= 15 is 0 Å². The molecule has 0 radical (unpaired) electrons. The van der Waals surface area contributed by atoms with Crippen LogP contribution in [0.3, 0.4) is 0 Å². The second-order valence-corrected chi connectivity index (χ2v) is 8.17. The maximum atomic E-state index is 14.0. The van der Waals surface area contributed by atoms with E-state index in [1.54, 1.807) is 25.0 Å². The van der Waals surface area contributed by atoms with Crippen LogP contribution in [-0.2, 0) is 4.79 Å². The third kappa shape index (κ3) is 5.56. The van der Waals surface area contributed by atoms with Gasteiger partial charge in [0.05, 0.1) is 18.4 Å². The number of nitrogens with zero attached hydrogens (tertiary/aromatic N) is 5. The highest BCUT2D eigenvalue weighted by molar-refractivity contribution is 5.96. The van der Waals surface area contributed by atoms with Gasteiger partial charge >= 0.3 is 0 Å². The third-order valence-electron chi connectivity index (χ3n) is 6.09. The molecule has 2 aromatic carbocycles. The van der Waals surface area contributed by atoms with E-state index in [9.17, 15) is 14.0 Å². The van der Waals surface area contributed by atoms with E-state index in [0.717, 1.165) is 22.8 Å². The van der Waals surface area contributed by atoms with E-state index in [1.165, 1.54) is 23.1 Å². The first-order valence-corrected chi connectivity index (χ1v) is 11.5. The zero-order chi connectivity index (χ0) is 24.8. The molecule has 35 heavy (non-hydrogen) atoms. The summed E-state index contributed by atoms with van der Waals surface area (Å²) in [6.07, 6.45) is 0. The van der Waals surface area contributed by atoms with Crippen LogP contribution in [0.15, 0.2) is 60.7 Å². The van der Waals surface area contributed by atoms with Gasteiger partial charge in [-0.15, -0.1) is 10.2 Å². The molecule has 2 heterocycles. The minimum absolute atomic E-state index is 0.0244. The number of ether oxygens (including phenoxy) is 1. The predicted octanol–water partition coefficient (Wildman–Crippen LogP) is 3.10. The second kappa shape index (κ2) is 10.9. The Morgan fingerprint density at radius 3 is 2.29 bits per heavy atom. The molecule has 0 unspecified atom stereocenters. The van der Waals surface area contributed by atoms with E-state index in [-0.39, 0.29) is 18.0 Å². The van der Waals surface area contributed by atoms with Crippen LogP contribution < -0.4 is 9.64 Å². The lowest BCUT2D eigenvalue weighted by molar-refractivity contribution is -0.132. The lowest BCUT2D eigenvalue weighted by Gasteiger charge is -2.36. The minimum atomic E-state index is -0.587. The summed E-state index contributed by atoms with van der Waals surface area (Å²) in [6.45, 7) is 4.23. The Morgan fingerprint density at radius 1 is 0.971 bits per heavy atom. The van der Waals surface area contributed by atoms with Gasteiger partial charge in [-0.25, -0.2) is 4.39 Å². The van der Waals surface area contributed by atoms with E-state index in [1.807, 2.05) is 36.4 Å². The average Bonchev–Trinajstić information content (AvgIpc) is 2.92. The van der Waals surface area contributed by atoms with Crippen molar-refractivity contribution in [1.82, 2.24) is 20.0 Å². The zero-order valence-electron chi connectivity index (χ0n) is 19.9. The van der Waals surface area contributed by atoms with Crippen molar-refractivity contribution in [2.75, 3.05) is 51.3 Å². The second-order valence-electron chi connectivity index (χ2n) is 8.17. The lowest BCUT2D eigenvalue weighted by atomic mass is 10.1. The minimum Gasteiger partial charge on any atom is -0.497 e. The molecule has 0 atom stereocenters. The molecule has 3 aromatic rings. The standard InChI is InChI=1S/C26H28FN5O3/c1-3-30(26(34)21-6-4-5-7-22(21)27)18-25(33)32-16-14-31(15-17-32)24-13-12-23(28-29-24)19-8-10-20(35-2)11-9-19/h4-13H,3,14-18H2,1-2H3. The number of rotatable bonds is 7. The summed E-state index contributed by atoms with van der Waals surface area (Å²) >= 11 is 0. The van der Waals surface area contributed by atoms with E-state index in [0.29, 0.717) is 32.7 Å². The Morgan fingerprint density at radius 2 is 1.69 bits per heavy atom. The number of likely N-dealkylation sites (N-methyl/N-ethyl adjacent to an activating group) is 1. The highest BCUT2D eigenvalue weighted by Gasteiger charge is 2.26. The van der Waals surface area contributed by atoms with Gasteiger partial charge in [0.25, 0.3) is 5.91 Å². The number of aromatic nitrogens is 2. The summed E-state index contributed by atoms with van der Waals surface area (Å²) in [5.74, 6) is 0.307. The molecule has 1 aromatic heterocycles. The summed E-state index contributed by atoms with van der Waals surface area (Å²) < 4.78 is 19.2. The van der Waals surface area contributed by atoms with Crippen molar-refractivity contribution >= 4 is 17.6 Å². The molecule has 0 saturated carbocycles. The zero-order valence-corrected chi connectivity index (χ0v) is 19.9. The van der Waals surface area contributed by atoms with Crippen molar-refractivity contribution in [2.45, 2.75) is 6.92 Å². The molecular weight excluding hydrogens is 449 g/mol. The number of hydrogen-bond acceptors (Lipinski definition) is 6. The Balaban J connectivity index is 1.32. The molecule has 2 amide bonds. The Bertz CT molecular complexity index is 1160. The van der Waals surface area contributed by atoms with Crippen molar-refractivity contribution in [3.8, 4) is 17.0 Å². The van der Waals surface area contributed by atoms with E-state index < -0.39 is 11.7 Å². The molecule has 4 rings (SSSR count). The van der Waals surface area contributed by atoms with Crippen LogP contribution >= 0.6 is 0 Å². The van der Waals surface area contributed by atoms with Gasteiger partial charge in [-0.2, -0.15) is 0 Å². The third-order valence-corrected chi connectivity index (χ3v) is 6.09. The predicted molar refractivity (Wildman–Crippen MR) is 131 cm³/mol. The average molecular weight is 478 g/mol. The maximum absolute atomic E-state index is 14.0. The molecule has 8 nitrogen and oxygen atoms in total. The number of carbonyl (C=O) groups excluding carboxylic acids is 2. The maximum Gasteiger partial charge on any atom is 0.257 e. The topological polar surface area (TPSA) is 78.9 Å². The number of carbonyl (C=O) groups is 2. The molecule has 0 aliphatic carbocycles. The van der Waals surface area contributed by atoms with Crippen molar-refractivity contribution in [3.05, 3.63) is 72.0 Å². The molecule has 1 fully saturated rings. The smallest absolute Gasteiger partial charge is 0.257 e. The van der Waals surface area contributed by atoms with Crippen molar-refractivity contribution in [3.63, 3.8) is 0 Å². The Labute approximate surface area is 203 Å². The van der Waals surface area contributed by atoms with Crippen LogP contribution in [-0.4, -0.2) is 78.2 Å². The Hall–Kier alpha value is -4.01. The van der Waals surface area contributed by atoms with Crippen molar-refractivity contribution in [2.24, 2.45) is 0 Å². The van der Waals surface area contributed by atoms with Gasteiger partial charge in [0, 0.05) is 38.3 Å². The van der Waals surface area contributed by atoms with Crippen molar-refractivity contribution < 1.29 is 18.7 Å². The van der Waals surface area contributed by atoms with E-state index in [2.05, 4.69) is 15.1 Å². The van der Waals surface area contributed by atoms with Crippen LogP contribution in [0.2, 0.25) is 0 Å². The molecule has 0 N–H and O–H groups in total. The largest absolute Gasteiger partial charge is 0.497 e. The van der Waals surface area contributed by atoms with Crippen LogP contribution in [0.5, 0.6) is 5.75 Å². The first-order chi connectivity index (χ1) is 17.0. The highest BCUT2D eigenvalue weighted by atomic mass is 19.1. The van der Waals surface area contributed by atoms with Gasteiger partial charge in [0.15, 0.2) is 5.82 Å². The van der Waals surface area contributed by atoms with Gasteiger partial charge < -0.3 is 19.4 Å². The summed E-state index contributed by atoms with van der Waals surface area (Å²) in [6, 6.07) is 17.3. The molecule has 1 aliphatic heterocycles. The van der Waals surface area contributed by atoms with Gasteiger partial charge in [-0.05, 0) is 55.5 Å². The molecule has 1 saturated heterocycles. The van der Waals surface area contributed by atoms with Gasteiger partial charge in [0.2, 0.25) is 5.91 Å². The molecule has 9 heteroatoms. The number of anilines is 1.